The highest BCUT2D eigenvalue weighted by Gasteiger charge is 2.47. The Labute approximate surface area is 135 Å². The molecule has 0 spiro atoms. The summed E-state index contributed by atoms with van der Waals surface area (Å²) in [6.07, 6.45) is 7.89. The van der Waals surface area contributed by atoms with Crippen LogP contribution in [-0.2, 0) is 4.79 Å². The van der Waals surface area contributed by atoms with Crippen LogP contribution in [0.2, 0.25) is 0 Å². The maximum Gasteiger partial charge on any atom is 0.159 e. The molecule has 1 fully saturated rings. The number of carbonyl (C=O) groups excluding carboxylic acids is 1. The van der Waals surface area contributed by atoms with Gasteiger partial charge < -0.3 is 5.11 Å². The minimum atomic E-state index is -0.343. The molecule has 22 heavy (non-hydrogen) atoms. The van der Waals surface area contributed by atoms with E-state index in [1.54, 1.807) is 0 Å². The second kappa shape index (κ2) is 6.54. The molecule has 0 saturated heterocycles. The van der Waals surface area contributed by atoms with Crippen LogP contribution in [0.4, 0.5) is 0 Å². The summed E-state index contributed by atoms with van der Waals surface area (Å²) in [6.45, 7) is 12.6. The highest BCUT2D eigenvalue weighted by molar-refractivity contribution is 5.95. The zero-order valence-electron chi connectivity index (χ0n) is 14.5. The van der Waals surface area contributed by atoms with Crippen LogP contribution in [0.25, 0.3) is 0 Å². The smallest absolute Gasteiger partial charge is 0.159 e. The van der Waals surface area contributed by atoms with Crippen molar-refractivity contribution in [1.82, 2.24) is 0 Å². The standard InChI is InChI=1S/C20H30O2/c1-13(2)19-16-10-9-14(3)7-6-8-15(4)17(21)11-20(16,5)12-18(19)22/h7,10,13,18-19,22H,4,6,8-9,11-12H2,1-3,5H3/b14-7+,16-10+/t18-,19-,20+/m0/s1. The summed E-state index contributed by atoms with van der Waals surface area (Å²) in [5.41, 5.74) is 3.12. The minimum absolute atomic E-state index is 0.165. The normalized spacial score (nSPS) is 38.8. The number of Topliss-reactive ketones (excluding diaryl/α,β-unsaturated/α-hetero) is 1. The lowest BCUT2D eigenvalue weighted by Crippen LogP contribution is -2.23. The van der Waals surface area contributed by atoms with Gasteiger partial charge in [0.25, 0.3) is 0 Å². The molecule has 2 aliphatic rings. The van der Waals surface area contributed by atoms with Crippen LogP contribution in [0.15, 0.2) is 35.5 Å². The Kier molecular flexibility index (Phi) is 5.11. The minimum Gasteiger partial charge on any atom is -0.392 e. The van der Waals surface area contributed by atoms with Crippen molar-refractivity contribution in [2.75, 3.05) is 0 Å². The first-order valence-electron chi connectivity index (χ1n) is 8.50. The van der Waals surface area contributed by atoms with Crippen molar-refractivity contribution in [3.8, 4) is 0 Å². The molecule has 3 atom stereocenters. The summed E-state index contributed by atoms with van der Waals surface area (Å²) in [6, 6.07) is 0. The number of hydrogen-bond acceptors (Lipinski definition) is 2. The van der Waals surface area contributed by atoms with E-state index >= 15 is 0 Å². The van der Waals surface area contributed by atoms with Gasteiger partial charge in [0.2, 0.25) is 0 Å². The summed E-state index contributed by atoms with van der Waals surface area (Å²) in [5.74, 6) is 0.716. The Morgan fingerprint density at radius 2 is 2.05 bits per heavy atom. The number of hydrogen-bond donors (Lipinski definition) is 1. The number of aliphatic hydroxyl groups excluding tert-OH is 1. The fourth-order valence-electron chi connectivity index (χ4n) is 4.14. The van der Waals surface area contributed by atoms with E-state index in [0.29, 0.717) is 18.8 Å². The van der Waals surface area contributed by atoms with Gasteiger partial charge in [0, 0.05) is 12.3 Å². The fourth-order valence-corrected chi connectivity index (χ4v) is 4.14. The summed E-state index contributed by atoms with van der Waals surface area (Å²) in [5, 5.41) is 10.6. The molecular formula is C20H30O2. The molecule has 1 saturated carbocycles. The van der Waals surface area contributed by atoms with Crippen LogP contribution in [-0.4, -0.2) is 17.0 Å². The molecule has 0 bridgehead atoms. The molecule has 0 aromatic heterocycles. The number of aliphatic hydroxyl groups is 1. The van der Waals surface area contributed by atoms with Gasteiger partial charge in [-0.3, -0.25) is 4.79 Å². The molecule has 0 unspecified atom stereocenters. The van der Waals surface area contributed by atoms with E-state index in [-0.39, 0.29) is 23.2 Å². The molecule has 2 rings (SSSR count). The molecule has 0 heterocycles. The van der Waals surface area contributed by atoms with E-state index in [2.05, 4.69) is 46.4 Å². The van der Waals surface area contributed by atoms with Crippen LogP contribution in [0.3, 0.4) is 0 Å². The van der Waals surface area contributed by atoms with Crippen LogP contribution in [0, 0.1) is 17.3 Å². The van der Waals surface area contributed by atoms with Crippen LogP contribution in [0.1, 0.15) is 59.8 Å². The number of carbonyl (C=O) groups is 1. The van der Waals surface area contributed by atoms with Crippen LogP contribution >= 0.6 is 0 Å². The quantitative estimate of drug-likeness (QED) is 0.567. The predicted molar refractivity (Wildman–Crippen MR) is 91.5 cm³/mol. The Hall–Kier alpha value is -1.15. The fraction of sp³-hybridized carbons (Fsp3) is 0.650. The van der Waals surface area contributed by atoms with Crippen molar-refractivity contribution in [3.05, 3.63) is 35.5 Å². The summed E-state index contributed by atoms with van der Waals surface area (Å²) in [4.78, 5) is 12.5. The van der Waals surface area contributed by atoms with Gasteiger partial charge in [0.15, 0.2) is 5.78 Å². The lowest BCUT2D eigenvalue weighted by Gasteiger charge is -2.29. The van der Waals surface area contributed by atoms with Gasteiger partial charge in [-0.15, -0.1) is 0 Å². The van der Waals surface area contributed by atoms with Crippen molar-refractivity contribution in [3.63, 3.8) is 0 Å². The second-order valence-electron chi connectivity index (χ2n) is 7.76. The summed E-state index contributed by atoms with van der Waals surface area (Å²) in [7, 11) is 0. The first kappa shape index (κ1) is 17.2. The van der Waals surface area contributed by atoms with Gasteiger partial charge in [-0.25, -0.2) is 0 Å². The first-order chi connectivity index (χ1) is 10.2. The molecule has 0 aliphatic heterocycles. The van der Waals surface area contributed by atoms with Crippen LogP contribution in [0.5, 0.6) is 0 Å². The molecule has 0 radical (unpaired) electrons. The molecule has 1 N–H and O–H groups in total. The molecule has 0 amide bonds. The van der Waals surface area contributed by atoms with Crippen molar-refractivity contribution in [2.24, 2.45) is 17.3 Å². The second-order valence-corrected chi connectivity index (χ2v) is 7.76. The number of ketones is 1. The largest absolute Gasteiger partial charge is 0.392 e. The van der Waals surface area contributed by atoms with Gasteiger partial charge >= 0.3 is 0 Å². The molecule has 0 aromatic rings. The lowest BCUT2D eigenvalue weighted by molar-refractivity contribution is -0.117. The average Bonchev–Trinajstić information content (AvgIpc) is 2.65. The predicted octanol–water partition coefficient (Wildman–Crippen LogP) is 4.60. The van der Waals surface area contributed by atoms with Gasteiger partial charge in [-0.2, -0.15) is 0 Å². The highest BCUT2D eigenvalue weighted by Crippen LogP contribution is 2.52. The van der Waals surface area contributed by atoms with Gasteiger partial charge in [-0.05, 0) is 49.5 Å². The Balaban J connectivity index is 2.44. The average molecular weight is 302 g/mol. The third kappa shape index (κ3) is 3.43. The number of rotatable bonds is 1. The maximum atomic E-state index is 12.5. The third-order valence-corrected chi connectivity index (χ3v) is 5.38. The van der Waals surface area contributed by atoms with Crippen molar-refractivity contribution >= 4 is 5.78 Å². The maximum absolute atomic E-state index is 12.5. The zero-order valence-corrected chi connectivity index (χ0v) is 14.5. The van der Waals surface area contributed by atoms with Crippen molar-refractivity contribution < 1.29 is 9.90 Å². The number of fused-ring (bicyclic) bond motifs is 1. The Morgan fingerprint density at radius 3 is 2.68 bits per heavy atom. The third-order valence-electron chi connectivity index (χ3n) is 5.38. The lowest BCUT2D eigenvalue weighted by atomic mass is 9.75. The van der Waals surface area contributed by atoms with E-state index in [1.165, 1.54) is 11.1 Å². The summed E-state index contributed by atoms with van der Waals surface area (Å²) >= 11 is 0. The Morgan fingerprint density at radius 1 is 1.36 bits per heavy atom. The highest BCUT2D eigenvalue weighted by atomic mass is 16.3. The monoisotopic (exact) mass is 302 g/mol. The number of allylic oxidation sites excluding steroid dienone is 4. The van der Waals surface area contributed by atoms with Gasteiger partial charge in [0.1, 0.15) is 0 Å². The van der Waals surface area contributed by atoms with E-state index in [9.17, 15) is 9.90 Å². The molecule has 2 heteroatoms. The molecule has 122 valence electrons. The van der Waals surface area contributed by atoms with Gasteiger partial charge in [0.05, 0.1) is 6.10 Å². The first-order valence-corrected chi connectivity index (χ1v) is 8.50. The molecule has 2 aliphatic carbocycles. The van der Waals surface area contributed by atoms with E-state index < -0.39 is 0 Å². The SMILES string of the molecule is C=C1CC/C=C(\C)C/C=C2\[C@H](C(C)C)[C@@H](O)C[C@@]2(C)CC1=O. The van der Waals surface area contributed by atoms with Crippen molar-refractivity contribution in [1.29, 1.82) is 0 Å². The van der Waals surface area contributed by atoms with Crippen molar-refractivity contribution in [2.45, 2.75) is 65.9 Å². The van der Waals surface area contributed by atoms with Gasteiger partial charge in [-0.1, -0.05) is 50.6 Å². The molecule has 2 nitrogen and oxygen atoms in total. The summed E-state index contributed by atoms with van der Waals surface area (Å²) < 4.78 is 0. The molecule has 0 aromatic carbocycles. The van der Waals surface area contributed by atoms with E-state index in [1.807, 2.05) is 0 Å². The van der Waals surface area contributed by atoms with Crippen LogP contribution < -0.4 is 0 Å². The zero-order chi connectivity index (χ0) is 16.5. The van der Waals surface area contributed by atoms with E-state index in [4.69, 9.17) is 0 Å². The molecular weight excluding hydrogens is 272 g/mol. The van der Waals surface area contributed by atoms with E-state index in [0.717, 1.165) is 24.8 Å². The topological polar surface area (TPSA) is 37.3 Å². The Bertz CT molecular complexity index is 524.